The highest BCUT2D eigenvalue weighted by Crippen LogP contribution is 2.19. The smallest absolute Gasteiger partial charge is 0.243 e. The van der Waals surface area contributed by atoms with Crippen LogP contribution in [0.25, 0.3) is 0 Å². The van der Waals surface area contributed by atoms with Crippen molar-refractivity contribution in [2.24, 2.45) is 4.99 Å². The minimum absolute atomic E-state index is 0. The van der Waals surface area contributed by atoms with E-state index in [2.05, 4.69) is 43.3 Å². The maximum atomic E-state index is 11.8. The summed E-state index contributed by atoms with van der Waals surface area (Å²) in [5.41, 5.74) is 0. The molecule has 0 spiro atoms. The molecule has 0 aromatic carbocycles. The topological polar surface area (TPSA) is 77.0 Å². The molecule has 0 bridgehead atoms. The van der Waals surface area contributed by atoms with E-state index in [1.54, 1.807) is 19.0 Å². The molecule has 0 saturated carbocycles. The van der Waals surface area contributed by atoms with Crippen LogP contribution in [0.5, 0.6) is 0 Å². The van der Waals surface area contributed by atoms with E-state index in [4.69, 9.17) is 0 Å². The quantitative estimate of drug-likeness (QED) is 0.364. The summed E-state index contributed by atoms with van der Waals surface area (Å²) in [6.45, 7) is 8.69. The van der Waals surface area contributed by atoms with Gasteiger partial charge in [-0.05, 0) is 6.42 Å². The van der Waals surface area contributed by atoms with Crippen LogP contribution in [0.4, 0.5) is 5.13 Å². The van der Waals surface area contributed by atoms with Crippen molar-refractivity contribution >= 4 is 52.5 Å². The zero-order valence-electron chi connectivity index (χ0n) is 16.1. The number of hydrogen-bond donors (Lipinski definition) is 1. The lowest BCUT2D eigenvalue weighted by Crippen LogP contribution is -2.53. The molecule has 1 saturated heterocycles. The Bertz CT molecular complexity index is 585. The SMILES string of the molecule is CCCNC(=NCC(=O)N(C)C)N1CCN(c2nc(CC)ns2)CC1.I. The number of aromatic nitrogens is 2. The first kappa shape index (κ1) is 22.9. The van der Waals surface area contributed by atoms with E-state index in [0.29, 0.717) is 0 Å². The van der Waals surface area contributed by atoms with Crippen LogP contribution < -0.4 is 10.2 Å². The van der Waals surface area contributed by atoms with Crippen molar-refractivity contribution in [3.8, 4) is 0 Å². The van der Waals surface area contributed by atoms with Crippen molar-refractivity contribution in [3.05, 3.63) is 5.82 Å². The normalized spacial score (nSPS) is 14.8. The van der Waals surface area contributed by atoms with E-state index in [1.807, 2.05) is 0 Å². The molecule has 26 heavy (non-hydrogen) atoms. The van der Waals surface area contributed by atoms with Crippen molar-refractivity contribution in [1.29, 1.82) is 0 Å². The summed E-state index contributed by atoms with van der Waals surface area (Å²) in [6.07, 6.45) is 1.89. The maximum Gasteiger partial charge on any atom is 0.243 e. The molecule has 2 rings (SSSR count). The van der Waals surface area contributed by atoms with E-state index in [9.17, 15) is 4.79 Å². The van der Waals surface area contributed by atoms with Gasteiger partial charge in [0.1, 0.15) is 12.4 Å². The summed E-state index contributed by atoms with van der Waals surface area (Å²) in [5, 5.41) is 4.36. The Morgan fingerprint density at radius 2 is 1.96 bits per heavy atom. The molecule has 0 radical (unpaired) electrons. The number of rotatable bonds is 6. The molecule has 1 aromatic rings. The lowest BCUT2D eigenvalue weighted by atomic mass is 10.3. The fraction of sp³-hybridized carbons (Fsp3) is 0.750. The van der Waals surface area contributed by atoms with E-state index < -0.39 is 0 Å². The minimum Gasteiger partial charge on any atom is -0.356 e. The highest BCUT2D eigenvalue weighted by atomic mass is 127. The van der Waals surface area contributed by atoms with Gasteiger partial charge in [-0.2, -0.15) is 4.37 Å². The third kappa shape index (κ3) is 6.53. The first-order valence-corrected chi connectivity index (χ1v) is 9.63. The van der Waals surface area contributed by atoms with Gasteiger partial charge in [-0.3, -0.25) is 4.79 Å². The van der Waals surface area contributed by atoms with Crippen LogP contribution >= 0.6 is 35.5 Å². The Morgan fingerprint density at radius 1 is 1.27 bits per heavy atom. The van der Waals surface area contributed by atoms with Crippen molar-refractivity contribution in [2.75, 3.05) is 58.3 Å². The van der Waals surface area contributed by atoms with Gasteiger partial charge in [0.05, 0.1) is 0 Å². The number of likely N-dealkylation sites (N-methyl/N-ethyl adjacent to an activating group) is 1. The summed E-state index contributed by atoms with van der Waals surface area (Å²) in [4.78, 5) is 27.0. The fourth-order valence-electron chi connectivity index (χ4n) is 2.41. The molecule has 10 heteroatoms. The molecule has 2 heterocycles. The highest BCUT2D eigenvalue weighted by molar-refractivity contribution is 14.0. The van der Waals surface area contributed by atoms with Crippen LogP contribution in [-0.4, -0.2) is 84.4 Å². The maximum absolute atomic E-state index is 11.8. The summed E-state index contributed by atoms with van der Waals surface area (Å²) in [5.74, 6) is 1.75. The molecule has 1 amide bonds. The molecule has 1 aromatic heterocycles. The number of nitrogens with zero attached hydrogens (tertiary/aromatic N) is 6. The first-order valence-electron chi connectivity index (χ1n) is 8.86. The minimum atomic E-state index is 0. The van der Waals surface area contributed by atoms with Gasteiger partial charge in [0.2, 0.25) is 11.0 Å². The Kier molecular flexibility index (Phi) is 10.1. The van der Waals surface area contributed by atoms with E-state index in [0.717, 1.165) is 62.5 Å². The van der Waals surface area contributed by atoms with Gasteiger partial charge in [-0.25, -0.2) is 9.98 Å². The van der Waals surface area contributed by atoms with Gasteiger partial charge in [-0.1, -0.05) is 13.8 Å². The van der Waals surface area contributed by atoms with Gasteiger partial charge in [0, 0.05) is 64.8 Å². The number of hydrogen-bond acceptors (Lipinski definition) is 6. The van der Waals surface area contributed by atoms with Crippen LogP contribution in [0.2, 0.25) is 0 Å². The standard InChI is InChI=1S/C16H29N7OS.HI/c1-5-7-17-15(18-12-14(24)21(3)4)22-8-10-23(11-9-22)16-19-13(6-2)20-25-16;/h5-12H2,1-4H3,(H,17,18);1H. The third-order valence-electron chi connectivity index (χ3n) is 4.02. The molecule has 0 atom stereocenters. The number of halogens is 1. The van der Waals surface area contributed by atoms with Crippen LogP contribution in [0.1, 0.15) is 26.1 Å². The number of piperazine rings is 1. The summed E-state index contributed by atoms with van der Waals surface area (Å²) in [7, 11) is 3.50. The second-order valence-corrected chi connectivity index (χ2v) is 6.91. The Balaban J connectivity index is 0.00000338. The Labute approximate surface area is 177 Å². The summed E-state index contributed by atoms with van der Waals surface area (Å²) < 4.78 is 4.37. The second-order valence-electron chi connectivity index (χ2n) is 6.18. The predicted octanol–water partition coefficient (Wildman–Crippen LogP) is 1.28. The van der Waals surface area contributed by atoms with Crippen molar-refractivity contribution in [3.63, 3.8) is 0 Å². The van der Waals surface area contributed by atoms with Crippen LogP contribution in [-0.2, 0) is 11.2 Å². The first-order chi connectivity index (χ1) is 12.0. The number of nitrogens with one attached hydrogen (secondary N) is 1. The highest BCUT2D eigenvalue weighted by Gasteiger charge is 2.22. The van der Waals surface area contributed by atoms with E-state index in [1.165, 1.54) is 11.5 Å². The molecule has 148 valence electrons. The Hall–Kier alpha value is -1.17. The molecule has 0 unspecified atom stereocenters. The average Bonchev–Trinajstić information content (AvgIpc) is 3.11. The predicted molar refractivity (Wildman–Crippen MR) is 118 cm³/mol. The zero-order chi connectivity index (χ0) is 18.2. The zero-order valence-corrected chi connectivity index (χ0v) is 19.2. The van der Waals surface area contributed by atoms with E-state index >= 15 is 0 Å². The van der Waals surface area contributed by atoms with Gasteiger partial charge >= 0.3 is 0 Å². The Morgan fingerprint density at radius 3 is 2.50 bits per heavy atom. The molecular weight excluding hydrogens is 465 g/mol. The molecule has 8 nitrogen and oxygen atoms in total. The second kappa shape index (κ2) is 11.5. The largest absolute Gasteiger partial charge is 0.356 e. The summed E-state index contributed by atoms with van der Waals surface area (Å²) >= 11 is 1.47. The molecule has 1 aliphatic heterocycles. The van der Waals surface area contributed by atoms with Crippen LogP contribution in [0.3, 0.4) is 0 Å². The lowest BCUT2D eigenvalue weighted by molar-refractivity contribution is -0.127. The van der Waals surface area contributed by atoms with Gasteiger partial charge in [0.15, 0.2) is 5.96 Å². The van der Waals surface area contributed by atoms with Gasteiger partial charge < -0.3 is 20.0 Å². The number of carbonyl (C=O) groups is 1. The average molecular weight is 495 g/mol. The number of guanidine groups is 1. The lowest BCUT2D eigenvalue weighted by Gasteiger charge is -2.36. The fourth-order valence-corrected chi connectivity index (χ4v) is 3.22. The number of amides is 1. The monoisotopic (exact) mass is 495 g/mol. The molecule has 1 fully saturated rings. The number of aryl methyl sites for hydroxylation is 1. The molecule has 1 N–H and O–H groups in total. The molecule has 0 aliphatic carbocycles. The van der Waals surface area contributed by atoms with Gasteiger partial charge in [-0.15, -0.1) is 24.0 Å². The van der Waals surface area contributed by atoms with Crippen LogP contribution in [0, 0.1) is 0 Å². The van der Waals surface area contributed by atoms with Crippen molar-refractivity contribution in [1.82, 2.24) is 24.5 Å². The van der Waals surface area contributed by atoms with Crippen molar-refractivity contribution < 1.29 is 4.79 Å². The van der Waals surface area contributed by atoms with Crippen LogP contribution in [0.15, 0.2) is 4.99 Å². The number of aliphatic imine (C=N–C) groups is 1. The van der Waals surface area contributed by atoms with Gasteiger partial charge in [0.25, 0.3) is 0 Å². The number of anilines is 1. The molecular formula is C16H30IN7OS. The number of carbonyl (C=O) groups excluding carboxylic acids is 1. The van der Waals surface area contributed by atoms with Crippen molar-refractivity contribution in [2.45, 2.75) is 26.7 Å². The molecule has 1 aliphatic rings. The summed E-state index contributed by atoms with van der Waals surface area (Å²) in [6, 6.07) is 0. The third-order valence-corrected chi connectivity index (χ3v) is 4.83. The van der Waals surface area contributed by atoms with E-state index in [-0.39, 0.29) is 36.4 Å².